The maximum absolute atomic E-state index is 6.36. The van der Waals surface area contributed by atoms with Gasteiger partial charge >= 0.3 is 0 Å². The predicted octanol–water partition coefficient (Wildman–Crippen LogP) is 8.14. The molecule has 0 bridgehead atoms. The third-order valence-corrected chi connectivity index (χ3v) is 5.28. The van der Waals surface area contributed by atoms with E-state index in [1.807, 2.05) is 36.4 Å². The molecule has 0 saturated heterocycles. The van der Waals surface area contributed by atoms with E-state index in [4.69, 9.17) is 62.7 Å². The highest BCUT2D eigenvalue weighted by molar-refractivity contribution is 6.42. The lowest BCUT2D eigenvalue weighted by atomic mass is 10.2. The van der Waals surface area contributed by atoms with E-state index in [0.717, 1.165) is 16.8 Å². The maximum Gasteiger partial charge on any atom is 0.156 e. The molecule has 0 fully saturated rings. The number of hydrogen-bond donors (Lipinski definition) is 1. The lowest BCUT2D eigenvalue weighted by molar-refractivity contribution is 0.306. The Labute approximate surface area is 182 Å². The van der Waals surface area contributed by atoms with E-state index >= 15 is 0 Å². The van der Waals surface area contributed by atoms with Crippen molar-refractivity contribution in [1.29, 1.82) is 0 Å². The van der Waals surface area contributed by atoms with Crippen LogP contribution >= 0.6 is 58.0 Å². The summed E-state index contributed by atoms with van der Waals surface area (Å²) in [7, 11) is 0. The molecule has 3 aromatic rings. The smallest absolute Gasteiger partial charge is 0.156 e. The van der Waals surface area contributed by atoms with Crippen molar-refractivity contribution in [3.63, 3.8) is 0 Å². The Balaban J connectivity index is 1.67. The number of rotatable bonds is 6. The average molecular weight is 462 g/mol. The van der Waals surface area contributed by atoms with Gasteiger partial charge in [-0.25, -0.2) is 0 Å². The zero-order chi connectivity index (χ0) is 19.4. The fraction of sp³-hybridized carbons (Fsp3) is 0.100. The lowest BCUT2D eigenvalue weighted by Gasteiger charge is -2.13. The molecule has 0 spiro atoms. The molecule has 0 heterocycles. The van der Waals surface area contributed by atoms with Crippen molar-refractivity contribution in [3.8, 4) is 5.75 Å². The minimum absolute atomic E-state index is 0.320. The zero-order valence-corrected chi connectivity index (χ0v) is 17.7. The number of hydrogen-bond acceptors (Lipinski definition) is 2. The van der Waals surface area contributed by atoms with Crippen molar-refractivity contribution in [2.45, 2.75) is 13.2 Å². The van der Waals surface area contributed by atoms with Gasteiger partial charge in [0.1, 0.15) is 6.61 Å². The molecule has 2 nitrogen and oxygen atoms in total. The third kappa shape index (κ3) is 5.60. The Bertz CT molecular complexity index is 938. The second-order valence-electron chi connectivity index (χ2n) is 5.79. The second-order valence-corrected chi connectivity index (χ2v) is 7.85. The van der Waals surface area contributed by atoms with Crippen LogP contribution in [0, 0.1) is 0 Å². The molecular weight excluding hydrogens is 447 g/mol. The van der Waals surface area contributed by atoms with Gasteiger partial charge in [-0.1, -0.05) is 70.1 Å². The minimum atomic E-state index is 0.320. The number of benzene rings is 3. The number of anilines is 1. The van der Waals surface area contributed by atoms with Gasteiger partial charge in [0.15, 0.2) is 5.75 Å². The molecule has 0 radical (unpaired) electrons. The monoisotopic (exact) mass is 459 g/mol. The van der Waals surface area contributed by atoms with E-state index in [9.17, 15) is 0 Å². The predicted molar refractivity (Wildman–Crippen MR) is 116 cm³/mol. The van der Waals surface area contributed by atoms with Gasteiger partial charge < -0.3 is 10.1 Å². The van der Waals surface area contributed by atoms with E-state index in [2.05, 4.69) is 5.32 Å². The Hall–Kier alpha value is -1.29. The van der Waals surface area contributed by atoms with Crippen LogP contribution in [0.3, 0.4) is 0 Å². The van der Waals surface area contributed by atoms with E-state index in [-0.39, 0.29) is 0 Å². The maximum atomic E-state index is 6.36. The SMILES string of the molecule is Clc1cccc(COc2c(Cl)cc(CNc3ccc(Cl)c(Cl)c3)cc2Cl)c1. The molecular formula is C20H14Cl5NO. The van der Waals surface area contributed by atoms with Gasteiger partial charge in [0.25, 0.3) is 0 Å². The Morgan fingerprint density at radius 3 is 2.11 bits per heavy atom. The third-order valence-electron chi connectivity index (χ3n) is 3.75. The molecule has 3 aromatic carbocycles. The summed E-state index contributed by atoms with van der Waals surface area (Å²) >= 11 is 30.6. The van der Waals surface area contributed by atoms with Crippen LogP contribution in [-0.4, -0.2) is 0 Å². The van der Waals surface area contributed by atoms with Gasteiger partial charge in [0, 0.05) is 17.3 Å². The first-order valence-corrected chi connectivity index (χ1v) is 9.85. The van der Waals surface area contributed by atoms with Crippen molar-refractivity contribution in [3.05, 3.63) is 90.8 Å². The van der Waals surface area contributed by atoms with Gasteiger partial charge in [0.2, 0.25) is 0 Å². The van der Waals surface area contributed by atoms with E-state index in [0.29, 0.717) is 44.0 Å². The van der Waals surface area contributed by atoms with E-state index < -0.39 is 0 Å². The Morgan fingerprint density at radius 2 is 1.44 bits per heavy atom. The fourth-order valence-corrected chi connectivity index (χ4v) is 3.60. The number of halogens is 5. The van der Waals surface area contributed by atoms with Crippen LogP contribution in [0.15, 0.2) is 54.6 Å². The topological polar surface area (TPSA) is 21.3 Å². The summed E-state index contributed by atoms with van der Waals surface area (Å²) in [5.74, 6) is 0.441. The molecule has 0 amide bonds. The molecule has 3 rings (SSSR count). The number of nitrogens with one attached hydrogen (secondary N) is 1. The normalized spacial score (nSPS) is 10.7. The first-order valence-electron chi connectivity index (χ1n) is 7.96. The van der Waals surface area contributed by atoms with Crippen LogP contribution in [0.25, 0.3) is 0 Å². The zero-order valence-electron chi connectivity index (χ0n) is 13.9. The summed E-state index contributed by atoms with van der Waals surface area (Å²) in [4.78, 5) is 0. The average Bonchev–Trinajstić information content (AvgIpc) is 2.62. The molecule has 0 atom stereocenters. The van der Waals surface area contributed by atoms with E-state index in [1.54, 1.807) is 18.2 Å². The van der Waals surface area contributed by atoms with Gasteiger partial charge in [-0.05, 0) is 53.6 Å². The Morgan fingerprint density at radius 1 is 0.704 bits per heavy atom. The van der Waals surface area contributed by atoms with Gasteiger partial charge in [-0.15, -0.1) is 0 Å². The minimum Gasteiger partial charge on any atom is -0.486 e. The number of ether oxygens (including phenoxy) is 1. The molecule has 0 aliphatic heterocycles. The van der Waals surface area contributed by atoms with Gasteiger partial charge in [0.05, 0.1) is 20.1 Å². The van der Waals surface area contributed by atoms with Crippen LogP contribution in [0.2, 0.25) is 25.1 Å². The second kappa shape index (κ2) is 9.27. The van der Waals surface area contributed by atoms with Crippen molar-refractivity contribution in [1.82, 2.24) is 0 Å². The van der Waals surface area contributed by atoms with Crippen molar-refractivity contribution < 1.29 is 4.74 Å². The highest BCUT2D eigenvalue weighted by atomic mass is 35.5. The molecule has 27 heavy (non-hydrogen) atoms. The van der Waals surface area contributed by atoms with E-state index in [1.165, 1.54) is 0 Å². The summed E-state index contributed by atoms with van der Waals surface area (Å²) in [6, 6.07) is 16.4. The standard InChI is InChI=1S/C20H14Cl5NO/c21-14-3-1-2-12(6-14)11-27-20-18(24)7-13(8-19(20)25)10-26-15-4-5-16(22)17(23)9-15/h1-9,26H,10-11H2. The molecule has 0 aliphatic rings. The summed E-state index contributed by atoms with van der Waals surface area (Å²) in [5, 5.41) is 5.78. The summed E-state index contributed by atoms with van der Waals surface area (Å²) in [6.45, 7) is 0.840. The fourth-order valence-electron chi connectivity index (χ4n) is 2.44. The summed E-state index contributed by atoms with van der Waals surface area (Å²) < 4.78 is 5.78. The van der Waals surface area contributed by atoms with Gasteiger partial charge in [-0.3, -0.25) is 0 Å². The molecule has 140 valence electrons. The molecule has 1 N–H and O–H groups in total. The molecule has 0 aromatic heterocycles. The summed E-state index contributed by atoms with van der Waals surface area (Å²) in [5.41, 5.74) is 2.68. The van der Waals surface area contributed by atoms with Gasteiger partial charge in [-0.2, -0.15) is 0 Å². The van der Waals surface area contributed by atoms with Crippen LogP contribution in [-0.2, 0) is 13.2 Å². The summed E-state index contributed by atoms with van der Waals surface area (Å²) in [6.07, 6.45) is 0. The van der Waals surface area contributed by atoms with Crippen LogP contribution in [0.1, 0.15) is 11.1 Å². The lowest BCUT2D eigenvalue weighted by Crippen LogP contribution is -2.01. The van der Waals surface area contributed by atoms with Crippen LogP contribution < -0.4 is 10.1 Å². The molecule has 7 heteroatoms. The molecule has 0 saturated carbocycles. The van der Waals surface area contributed by atoms with Crippen LogP contribution in [0.4, 0.5) is 5.69 Å². The molecule has 0 aliphatic carbocycles. The first kappa shape index (κ1) is 20.4. The quantitative estimate of drug-likeness (QED) is 0.400. The first-order chi connectivity index (χ1) is 12.9. The largest absolute Gasteiger partial charge is 0.486 e. The molecule has 0 unspecified atom stereocenters. The Kier molecular flexibility index (Phi) is 7.02. The highest BCUT2D eigenvalue weighted by Crippen LogP contribution is 2.35. The van der Waals surface area contributed by atoms with Crippen molar-refractivity contribution >= 4 is 63.7 Å². The van der Waals surface area contributed by atoms with Crippen molar-refractivity contribution in [2.75, 3.05) is 5.32 Å². The van der Waals surface area contributed by atoms with Crippen LogP contribution in [0.5, 0.6) is 5.75 Å². The van der Waals surface area contributed by atoms with Crippen molar-refractivity contribution in [2.24, 2.45) is 0 Å². The highest BCUT2D eigenvalue weighted by Gasteiger charge is 2.11.